The predicted molar refractivity (Wildman–Crippen MR) is 57.2 cm³/mol. The molecule has 4 nitrogen and oxygen atoms in total. The lowest BCUT2D eigenvalue weighted by Gasteiger charge is -2.19. The zero-order valence-corrected chi connectivity index (χ0v) is 9.18. The molecule has 0 radical (unpaired) electrons. The van der Waals surface area contributed by atoms with E-state index in [1.54, 1.807) is 6.92 Å². The summed E-state index contributed by atoms with van der Waals surface area (Å²) in [6.07, 6.45) is 2.61. The number of rotatable bonds is 5. The molecule has 1 aliphatic heterocycles. The van der Waals surface area contributed by atoms with Gasteiger partial charge in [0.05, 0.1) is 0 Å². The Morgan fingerprint density at radius 1 is 1.50 bits per heavy atom. The SMILES string of the molecule is CC(=O)NCCNCC1CCCN1C. The van der Waals surface area contributed by atoms with Crippen LogP contribution in [0.25, 0.3) is 0 Å². The molecule has 0 aromatic heterocycles. The van der Waals surface area contributed by atoms with Crippen molar-refractivity contribution >= 4 is 5.91 Å². The minimum absolute atomic E-state index is 0.0461. The monoisotopic (exact) mass is 199 g/mol. The van der Waals surface area contributed by atoms with Gasteiger partial charge in [0.2, 0.25) is 5.91 Å². The molecule has 0 saturated carbocycles. The Labute approximate surface area is 86.0 Å². The van der Waals surface area contributed by atoms with E-state index in [0.29, 0.717) is 6.04 Å². The Morgan fingerprint density at radius 3 is 2.86 bits per heavy atom. The van der Waals surface area contributed by atoms with Crippen LogP contribution in [-0.2, 0) is 4.79 Å². The number of carbonyl (C=O) groups is 1. The molecular formula is C10H21N3O. The molecule has 2 N–H and O–H groups in total. The van der Waals surface area contributed by atoms with Gasteiger partial charge in [0.1, 0.15) is 0 Å². The molecule has 1 unspecified atom stereocenters. The molecule has 1 amide bonds. The Kier molecular flexibility index (Phi) is 4.90. The Morgan fingerprint density at radius 2 is 2.29 bits per heavy atom. The Hall–Kier alpha value is -0.610. The minimum Gasteiger partial charge on any atom is -0.355 e. The lowest BCUT2D eigenvalue weighted by molar-refractivity contribution is -0.118. The highest BCUT2D eigenvalue weighted by Gasteiger charge is 2.19. The van der Waals surface area contributed by atoms with Crippen LogP contribution >= 0.6 is 0 Å². The van der Waals surface area contributed by atoms with Crippen molar-refractivity contribution in [1.82, 2.24) is 15.5 Å². The molecule has 1 saturated heterocycles. The maximum absolute atomic E-state index is 10.6. The van der Waals surface area contributed by atoms with Gasteiger partial charge in [-0.25, -0.2) is 0 Å². The van der Waals surface area contributed by atoms with Gasteiger partial charge in [0.25, 0.3) is 0 Å². The highest BCUT2D eigenvalue weighted by molar-refractivity contribution is 5.72. The number of amides is 1. The van der Waals surface area contributed by atoms with Crippen molar-refractivity contribution in [3.63, 3.8) is 0 Å². The van der Waals surface area contributed by atoms with Crippen LogP contribution in [-0.4, -0.2) is 50.1 Å². The van der Waals surface area contributed by atoms with Crippen molar-refractivity contribution < 1.29 is 4.79 Å². The van der Waals surface area contributed by atoms with Crippen molar-refractivity contribution in [2.24, 2.45) is 0 Å². The molecule has 0 spiro atoms. The van der Waals surface area contributed by atoms with Gasteiger partial charge in [-0.1, -0.05) is 0 Å². The second-order valence-corrected chi connectivity index (χ2v) is 3.96. The van der Waals surface area contributed by atoms with Crippen LogP contribution in [0.4, 0.5) is 0 Å². The van der Waals surface area contributed by atoms with E-state index in [4.69, 9.17) is 0 Å². The van der Waals surface area contributed by atoms with E-state index in [0.717, 1.165) is 19.6 Å². The third kappa shape index (κ3) is 4.07. The molecule has 0 aliphatic carbocycles. The van der Waals surface area contributed by atoms with Crippen molar-refractivity contribution in [2.75, 3.05) is 33.2 Å². The van der Waals surface area contributed by atoms with E-state index in [2.05, 4.69) is 22.6 Å². The van der Waals surface area contributed by atoms with Crippen LogP contribution in [0.15, 0.2) is 0 Å². The molecule has 0 aromatic carbocycles. The third-order valence-corrected chi connectivity index (χ3v) is 2.73. The number of likely N-dealkylation sites (N-methyl/N-ethyl adjacent to an activating group) is 1. The maximum Gasteiger partial charge on any atom is 0.216 e. The average molecular weight is 199 g/mol. The van der Waals surface area contributed by atoms with Crippen LogP contribution < -0.4 is 10.6 Å². The average Bonchev–Trinajstić information content (AvgIpc) is 2.51. The molecule has 1 atom stereocenters. The van der Waals surface area contributed by atoms with E-state index in [-0.39, 0.29) is 5.91 Å². The summed E-state index contributed by atoms with van der Waals surface area (Å²) in [6.45, 7) is 5.40. The molecule has 1 aliphatic rings. The topological polar surface area (TPSA) is 44.4 Å². The van der Waals surface area contributed by atoms with E-state index in [9.17, 15) is 4.79 Å². The van der Waals surface area contributed by atoms with Crippen LogP contribution in [0.2, 0.25) is 0 Å². The van der Waals surface area contributed by atoms with Crippen LogP contribution in [0, 0.1) is 0 Å². The van der Waals surface area contributed by atoms with Crippen molar-refractivity contribution in [1.29, 1.82) is 0 Å². The van der Waals surface area contributed by atoms with Gasteiger partial charge >= 0.3 is 0 Å². The number of carbonyl (C=O) groups excluding carboxylic acids is 1. The van der Waals surface area contributed by atoms with Gasteiger partial charge < -0.3 is 15.5 Å². The lowest BCUT2D eigenvalue weighted by atomic mass is 10.2. The summed E-state index contributed by atoms with van der Waals surface area (Å²) in [6, 6.07) is 0.687. The quantitative estimate of drug-likeness (QED) is 0.603. The minimum atomic E-state index is 0.0461. The lowest BCUT2D eigenvalue weighted by Crippen LogP contribution is -2.38. The smallest absolute Gasteiger partial charge is 0.216 e. The van der Waals surface area contributed by atoms with E-state index >= 15 is 0 Å². The van der Waals surface area contributed by atoms with Gasteiger partial charge in [-0.05, 0) is 26.4 Å². The first-order chi connectivity index (χ1) is 6.70. The predicted octanol–water partition coefficient (Wildman–Crippen LogP) is -0.194. The van der Waals surface area contributed by atoms with Crippen molar-refractivity contribution in [3.05, 3.63) is 0 Å². The second kappa shape index (κ2) is 5.98. The van der Waals surface area contributed by atoms with Crippen molar-refractivity contribution in [3.8, 4) is 0 Å². The standard InChI is InChI=1S/C10H21N3O/c1-9(14)12-6-5-11-8-10-4-3-7-13(10)2/h10-11H,3-8H2,1-2H3,(H,12,14). The first kappa shape index (κ1) is 11.5. The summed E-state index contributed by atoms with van der Waals surface area (Å²) in [7, 11) is 2.17. The van der Waals surface area contributed by atoms with Crippen LogP contribution in [0.3, 0.4) is 0 Å². The number of nitrogens with zero attached hydrogens (tertiary/aromatic N) is 1. The molecule has 1 heterocycles. The van der Waals surface area contributed by atoms with Gasteiger partial charge in [-0.15, -0.1) is 0 Å². The Bertz CT molecular complexity index is 184. The summed E-state index contributed by atoms with van der Waals surface area (Å²) in [4.78, 5) is 13.0. The van der Waals surface area contributed by atoms with Gasteiger partial charge in [-0.2, -0.15) is 0 Å². The number of hydrogen-bond acceptors (Lipinski definition) is 3. The number of likely N-dealkylation sites (tertiary alicyclic amines) is 1. The van der Waals surface area contributed by atoms with E-state index < -0.39 is 0 Å². The summed E-state index contributed by atoms with van der Waals surface area (Å²) in [5, 5.41) is 6.12. The first-order valence-corrected chi connectivity index (χ1v) is 5.35. The number of nitrogens with one attached hydrogen (secondary N) is 2. The number of hydrogen-bond donors (Lipinski definition) is 2. The van der Waals surface area contributed by atoms with E-state index in [1.807, 2.05) is 0 Å². The molecule has 1 rings (SSSR count). The molecule has 0 bridgehead atoms. The zero-order valence-electron chi connectivity index (χ0n) is 9.18. The van der Waals surface area contributed by atoms with Gasteiger partial charge in [0, 0.05) is 32.6 Å². The summed E-state index contributed by atoms with van der Waals surface area (Å²) in [5.74, 6) is 0.0461. The van der Waals surface area contributed by atoms with E-state index in [1.165, 1.54) is 19.4 Å². The maximum atomic E-state index is 10.6. The van der Waals surface area contributed by atoms with Crippen LogP contribution in [0.1, 0.15) is 19.8 Å². The highest BCUT2D eigenvalue weighted by atomic mass is 16.1. The van der Waals surface area contributed by atoms with Gasteiger partial charge in [-0.3, -0.25) is 4.79 Å². The first-order valence-electron chi connectivity index (χ1n) is 5.35. The fraction of sp³-hybridized carbons (Fsp3) is 0.900. The summed E-state index contributed by atoms with van der Waals surface area (Å²) in [5.41, 5.74) is 0. The molecule has 14 heavy (non-hydrogen) atoms. The Balaban J connectivity index is 1.95. The summed E-state index contributed by atoms with van der Waals surface area (Å²) >= 11 is 0. The normalized spacial score (nSPS) is 22.6. The zero-order chi connectivity index (χ0) is 10.4. The molecule has 0 aromatic rings. The third-order valence-electron chi connectivity index (χ3n) is 2.73. The largest absolute Gasteiger partial charge is 0.355 e. The van der Waals surface area contributed by atoms with Crippen molar-refractivity contribution in [2.45, 2.75) is 25.8 Å². The molecular weight excluding hydrogens is 178 g/mol. The molecule has 1 fully saturated rings. The van der Waals surface area contributed by atoms with Crippen LogP contribution in [0.5, 0.6) is 0 Å². The molecule has 4 heteroatoms. The molecule has 82 valence electrons. The highest BCUT2D eigenvalue weighted by Crippen LogP contribution is 2.13. The van der Waals surface area contributed by atoms with Gasteiger partial charge in [0.15, 0.2) is 0 Å². The summed E-state index contributed by atoms with van der Waals surface area (Å²) < 4.78 is 0. The fourth-order valence-corrected chi connectivity index (χ4v) is 1.83. The second-order valence-electron chi connectivity index (χ2n) is 3.96. The fourth-order valence-electron chi connectivity index (χ4n) is 1.83.